The highest BCUT2D eigenvalue weighted by Crippen LogP contribution is 2.33. The summed E-state index contributed by atoms with van der Waals surface area (Å²) in [7, 11) is 0. The van der Waals surface area contributed by atoms with Crippen LogP contribution < -0.4 is 5.32 Å². The van der Waals surface area contributed by atoms with Crippen LogP contribution in [0.1, 0.15) is 11.5 Å². The Morgan fingerprint density at radius 1 is 0.917 bits per heavy atom. The molecule has 1 aliphatic heterocycles. The first-order valence-corrected chi connectivity index (χ1v) is 11.8. The third kappa shape index (κ3) is 3.28. The summed E-state index contributed by atoms with van der Waals surface area (Å²) in [6.45, 7) is 4.19. The summed E-state index contributed by atoms with van der Waals surface area (Å²) in [4.78, 5) is 23.5. The summed E-state index contributed by atoms with van der Waals surface area (Å²) in [6.07, 6.45) is 5.73. The lowest BCUT2D eigenvalue weighted by Gasteiger charge is -2.17. The van der Waals surface area contributed by atoms with E-state index < -0.39 is 0 Å². The number of hydrogen-bond acceptors (Lipinski definition) is 6. The van der Waals surface area contributed by atoms with E-state index in [4.69, 9.17) is 9.97 Å². The maximum absolute atomic E-state index is 14.0. The van der Waals surface area contributed by atoms with E-state index in [1.807, 2.05) is 53.3 Å². The summed E-state index contributed by atoms with van der Waals surface area (Å²) in [6, 6.07) is 14.9. The number of halogens is 1. The van der Waals surface area contributed by atoms with Gasteiger partial charge in [0.1, 0.15) is 28.7 Å². The van der Waals surface area contributed by atoms with Crippen molar-refractivity contribution in [1.82, 2.24) is 39.2 Å². The standard InChI is InChI=1S/C27H21FN8/c1-16-18(28)5-6-20(32-16)26-27(36-10-3-2-4-24(36)34-26)21-8-7-19-22(33-21)12-17(13-30-19)23-14-31-25-15-29-9-11-35(23)25/h2-8,10,12-14,29H,9,11,15H2,1H3. The number of aryl methyl sites for hydroxylation is 1. The van der Waals surface area contributed by atoms with E-state index in [9.17, 15) is 4.39 Å². The SMILES string of the molecule is Cc1nc(-c2nc3ccccn3c2-c2ccc3ncc(-c4cnc5n4CCNC5)cc3n2)ccc1F. The summed E-state index contributed by atoms with van der Waals surface area (Å²) >= 11 is 0. The largest absolute Gasteiger partial charge is 0.326 e. The molecule has 1 N–H and O–H groups in total. The number of rotatable bonds is 3. The predicted octanol–water partition coefficient (Wildman–Crippen LogP) is 4.42. The topological polar surface area (TPSA) is 85.8 Å². The molecule has 0 saturated carbocycles. The molecule has 9 heteroatoms. The van der Waals surface area contributed by atoms with Gasteiger partial charge in [0.15, 0.2) is 0 Å². The van der Waals surface area contributed by atoms with Crippen molar-refractivity contribution < 1.29 is 4.39 Å². The molecular formula is C27H21FN8. The molecule has 0 saturated heterocycles. The molecule has 0 spiro atoms. The van der Waals surface area contributed by atoms with Gasteiger partial charge in [-0.25, -0.2) is 24.3 Å². The fourth-order valence-electron chi connectivity index (χ4n) is 4.80. The van der Waals surface area contributed by atoms with Gasteiger partial charge in [0.2, 0.25) is 0 Å². The maximum Gasteiger partial charge on any atom is 0.144 e. The molecule has 0 fully saturated rings. The minimum Gasteiger partial charge on any atom is -0.326 e. The zero-order chi connectivity index (χ0) is 24.2. The van der Waals surface area contributed by atoms with Crippen LogP contribution in [-0.4, -0.2) is 40.4 Å². The number of aromatic nitrogens is 7. The number of fused-ring (bicyclic) bond motifs is 3. The van der Waals surface area contributed by atoms with Gasteiger partial charge in [0.25, 0.3) is 0 Å². The Morgan fingerprint density at radius 2 is 1.83 bits per heavy atom. The van der Waals surface area contributed by atoms with Gasteiger partial charge >= 0.3 is 0 Å². The third-order valence-electron chi connectivity index (χ3n) is 6.60. The molecule has 176 valence electrons. The highest BCUT2D eigenvalue weighted by Gasteiger charge is 2.20. The first kappa shape index (κ1) is 20.8. The van der Waals surface area contributed by atoms with Crippen LogP contribution in [-0.2, 0) is 13.1 Å². The predicted molar refractivity (Wildman–Crippen MR) is 135 cm³/mol. The van der Waals surface area contributed by atoms with Crippen molar-refractivity contribution in [3.8, 4) is 34.0 Å². The lowest BCUT2D eigenvalue weighted by molar-refractivity contribution is 0.508. The molecule has 36 heavy (non-hydrogen) atoms. The Morgan fingerprint density at radius 3 is 2.75 bits per heavy atom. The zero-order valence-electron chi connectivity index (χ0n) is 19.5. The lowest BCUT2D eigenvalue weighted by atomic mass is 10.1. The number of hydrogen-bond donors (Lipinski definition) is 1. The molecule has 0 atom stereocenters. The highest BCUT2D eigenvalue weighted by molar-refractivity contribution is 5.85. The number of imidazole rings is 2. The van der Waals surface area contributed by atoms with E-state index in [0.29, 0.717) is 17.1 Å². The Hall–Kier alpha value is -4.50. The summed E-state index contributed by atoms with van der Waals surface area (Å²) < 4.78 is 18.2. The Balaban J connectivity index is 1.41. The van der Waals surface area contributed by atoms with E-state index in [0.717, 1.165) is 64.8 Å². The molecule has 7 rings (SSSR count). The molecule has 0 bridgehead atoms. The van der Waals surface area contributed by atoms with Crippen molar-refractivity contribution in [2.45, 2.75) is 20.0 Å². The number of nitrogens with zero attached hydrogens (tertiary/aromatic N) is 7. The molecule has 1 aliphatic rings. The average Bonchev–Trinajstić information content (AvgIpc) is 3.52. The second kappa shape index (κ2) is 8.03. The second-order valence-electron chi connectivity index (χ2n) is 8.85. The Kier molecular flexibility index (Phi) is 4.65. The molecular weight excluding hydrogens is 455 g/mol. The Labute approximate surface area is 205 Å². The normalized spacial score (nSPS) is 13.4. The smallest absolute Gasteiger partial charge is 0.144 e. The van der Waals surface area contributed by atoms with Crippen LogP contribution >= 0.6 is 0 Å². The van der Waals surface area contributed by atoms with Gasteiger partial charge in [-0.15, -0.1) is 0 Å². The summed E-state index contributed by atoms with van der Waals surface area (Å²) in [5.74, 6) is 0.680. The van der Waals surface area contributed by atoms with Crippen molar-refractivity contribution in [1.29, 1.82) is 0 Å². The Bertz CT molecular complexity index is 1780. The molecule has 0 radical (unpaired) electrons. The van der Waals surface area contributed by atoms with Gasteiger partial charge in [-0.3, -0.25) is 9.38 Å². The second-order valence-corrected chi connectivity index (χ2v) is 8.85. The molecule has 7 heterocycles. The minimum absolute atomic E-state index is 0.329. The van der Waals surface area contributed by atoms with E-state index in [1.165, 1.54) is 6.07 Å². The third-order valence-corrected chi connectivity index (χ3v) is 6.60. The van der Waals surface area contributed by atoms with Crippen LogP contribution in [0.25, 0.3) is 50.7 Å². The fraction of sp³-hybridized carbons (Fsp3) is 0.148. The fourth-order valence-corrected chi connectivity index (χ4v) is 4.80. The van der Waals surface area contributed by atoms with Gasteiger partial charge in [-0.2, -0.15) is 0 Å². The van der Waals surface area contributed by atoms with Crippen molar-refractivity contribution in [2.75, 3.05) is 6.54 Å². The van der Waals surface area contributed by atoms with Crippen molar-refractivity contribution in [3.63, 3.8) is 0 Å². The maximum atomic E-state index is 14.0. The molecule has 0 unspecified atom stereocenters. The average molecular weight is 477 g/mol. The van der Waals surface area contributed by atoms with Crippen LogP contribution in [0.4, 0.5) is 4.39 Å². The number of pyridine rings is 4. The van der Waals surface area contributed by atoms with Gasteiger partial charge in [0.05, 0.1) is 46.6 Å². The van der Waals surface area contributed by atoms with Crippen molar-refractivity contribution in [3.05, 3.63) is 84.5 Å². The highest BCUT2D eigenvalue weighted by atomic mass is 19.1. The van der Waals surface area contributed by atoms with E-state index >= 15 is 0 Å². The monoisotopic (exact) mass is 476 g/mol. The van der Waals surface area contributed by atoms with Crippen molar-refractivity contribution >= 4 is 16.7 Å². The van der Waals surface area contributed by atoms with Gasteiger partial charge in [0, 0.05) is 31.0 Å². The van der Waals surface area contributed by atoms with Gasteiger partial charge < -0.3 is 9.88 Å². The van der Waals surface area contributed by atoms with E-state index in [2.05, 4.69) is 30.9 Å². The molecule has 0 amide bonds. The lowest BCUT2D eigenvalue weighted by Crippen LogP contribution is -2.28. The van der Waals surface area contributed by atoms with Crippen LogP contribution in [0.5, 0.6) is 0 Å². The first-order chi connectivity index (χ1) is 17.7. The first-order valence-electron chi connectivity index (χ1n) is 11.8. The van der Waals surface area contributed by atoms with Crippen LogP contribution in [0.2, 0.25) is 0 Å². The molecule has 0 aromatic carbocycles. The van der Waals surface area contributed by atoms with E-state index in [1.54, 1.807) is 13.0 Å². The minimum atomic E-state index is -0.343. The quantitative estimate of drug-likeness (QED) is 0.407. The number of nitrogens with one attached hydrogen (secondary N) is 1. The molecule has 0 aliphatic carbocycles. The summed E-state index contributed by atoms with van der Waals surface area (Å²) in [5.41, 5.74) is 7.45. The van der Waals surface area contributed by atoms with E-state index in [-0.39, 0.29) is 5.82 Å². The van der Waals surface area contributed by atoms with Crippen molar-refractivity contribution in [2.24, 2.45) is 0 Å². The van der Waals surface area contributed by atoms with Gasteiger partial charge in [-0.05, 0) is 49.4 Å². The van der Waals surface area contributed by atoms with Crippen LogP contribution in [0.15, 0.2) is 67.1 Å². The van der Waals surface area contributed by atoms with Crippen LogP contribution in [0.3, 0.4) is 0 Å². The summed E-state index contributed by atoms with van der Waals surface area (Å²) in [5, 5.41) is 3.35. The van der Waals surface area contributed by atoms with Gasteiger partial charge in [-0.1, -0.05) is 6.07 Å². The van der Waals surface area contributed by atoms with Crippen LogP contribution in [0, 0.1) is 12.7 Å². The molecule has 8 nitrogen and oxygen atoms in total. The molecule has 6 aromatic rings. The zero-order valence-corrected chi connectivity index (χ0v) is 19.5. The molecule has 6 aromatic heterocycles.